The summed E-state index contributed by atoms with van der Waals surface area (Å²) in [6.07, 6.45) is -0.0976. The molecule has 1 heterocycles. The van der Waals surface area contributed by atoms with Crippen LogP contribution in [0, 0.1) is 12.8 Å². The number of nitrogens with zero attached hydrogens (tertiary/aromatic N) is 1. The van der Waals surface area contributed by atoms with Crippen LogP contribution in [0.1, 0.15) is 43.1 Å². The molecule has 7 nitrogen and oxygen atoms in total. The normalized spacial score (nSPS) is 20.1. The molecule has 0 aliphatic carbocycles. The third kappa shape index (κ3) is 6.11. The number of esters is 1. The number of thioether (sulfide) groups is 1. The lowest BCUT2D eigenvalue weighted by molar-refractivity contribution is -0.156. The number of benzene rings is 2. The third-order valence-electron chi connectivity index (χ3n) is 5.65. The molecule has 34 heavy (non-hydrogen) atoms. The molecule has 0 unspecified atom stereocenters. The van der Waals surface area contributed by atoms with Crippen LogP contribution in [0.15, 0.2) is 53.4 Å². The minimum Gasteiger partial charge on any atom is -0.497 e. The Morgan fingerprint density at radius 2 is 1.74 bits per heavy atom. The first-order valence-electron chi connectivity index (χ1n) is 11.1. The van der Waals surface area contributed by atoms with Crippen molar-refractivity contribution in [2.24, 2.45) is 5.92 Å². The molecule has 1 saturated heterocycles. The van der Waals surface area contributed by atoms with Gasteiger partial charge in [-0.25, -0.2) is 4.79 Å². The molecule has 0 radical (unpaired) electrons. The number of rotatable bonds is 7. The van der Waals surface area contributed by atoms with Gasteiger partial charge in [0.25, 0.3) is 5.91 Å². The summed E-state index contributed by atoms with van der Waals surface area (Å²) in [6, 6.07) is 13.4. The molecule has 3 atom stereocenters. The summed E-state index contributed by atoms with van der Waals surface area (Å²) in [5, 5.41) is 9.83. The largest absolute Gasteiger partial charge is 0.497 e. The van der Waals surface area contributed by atoms with Crippen molar-refractivity contribution in [1.82, 2.24) is 4.90 Å². The van der Waals surface area contributed by atoms with Crippen LogP contribution in [-0.4, -0.2) is 58.4 Å². The molecular weight excluding hydrogens is 454 g/mol. The first-order chi connectivity index (χ1) is 16.0. The zero-order valence-electron chi connectivity index (χ0n) is 20.1. The zero-order valence-corrected chi connectivity index (χ0v) is 20.9. The SMILES string of the molecule is COc1ccc(S[C@@H]2CN(C(=O)c3ccccc3C)[C@H](C(=O)O)[C@H]2CC(=O)OC(C)(C)C)cc1. The van der Waals surface area contributed by atoms with E-state index in [4.69, 9.17) is 9.47 Å². The Morgan fingerprint density at radius 3 is 2.29 bits per heavy atom. The topological polar surface area (TPSA) is 93.1 Å². The van der Waals surface area contributed by atoms with E-state index < -0.39 is 29.5 Å². The Hall–Kier alpha value is -3.00. The van der Waals surface area contributed by atoms with E-state index in [-0.39, 0.29) is 24.1 Å². The fraction of sp³-hybridized carbons (Fsp3) is 0.423. The number of hydrogen-bond acceptors (Lipinski definition) is 6. The molecule has 8 heteroatoms. The highest BCUT2D eigenvalue weighted by atomic mass is 32.2. The molecule has 2 aromatic carbocycles. The monoisotopic (exact) mass is 485 g/mol. The second-order valence-electron chi connectivity index (χ2n) is 9.34. The molecule has 2 aromatic rings. The van der Waals surface area contributed by atoms with Crippen molar-refractivity contribution in [1.29, 1.82) is 0 Å². The van der Waals surface area contributed by atoms with Crippen LogP contribution in [0.4, 0.5) is 0 Å². The predicted molar refractivity (Wildman–Crippen MR) is 130 cm³/mol. The number of likely N-dealkylation sites (tertiary alicyclic amines) is 1. The van der Waals surface area contributed by atoms with Crippen LogP contribution in [-0.2, 0) is 14.3 Å². The number of amides is 1. The predicted octanol–water partition coefficient (Wildman–Crippen LogP) is 4.42. The summed E-state index contributed by atoms with van der Waals surface area (Å²) in [6.45, 7) is 7.33. The molecule has 182 valence electrons. The average Bonchev–Trinajstić information content (AvgIpc) is 3.10. The van der Waals surface area contributed by atoms with Crippen molar-refractivity contribution in [3.63, 3.8) is 0 Å². The van der Waals surface area contributed by atoms with Gasteiger partial charge in [0.05, 0.1) is 13.5 Å². The van der Waals surface area contributed by atoms with Gasteiger partial charge in [-0.2, -0.15) is 0 Å². The van der Waals surface area contributed by atoms with Gasteiger partial charge < -0.3 is 19.5 Å². The van der Waals surface area contributed by atoms with Gasteiger partial charge in [0.2, 0.25) is 0 Å². The van der Waals surface area contributed by atoms with Gasteiger partial charge in [0.15, 0.2) is 0 Å². The number of carbonyl (C=O) groups excluding carboxylic acids is 2. The quantitative estimate of drug-likeness (QED) is 0.580. The molecule has 1 fully saturated rings. The third-order valence-corrected chi connectivity index (χ3v) is 7.00. The number of carbonyl (C=O) groups is 3. The lowest BCUT2D eigenvalue weighted by atomic mass is 9.95. The summed E-state index contributed by atoms with van der Waals surface area (Å²) >= 11 is 1.46. The summed E-state index contributed by atoms with van der Waals surface area (Å²) in [5.41, 5.74) is 0.537. The fourth-order valence-electron chi connectivity index (χ4n) is 4.14. The van der Waals surface area contributed by atoms with Crippen LogP contribution in [0.2, 0.25) is 0 Å². The Morgan fingerprint density at radius 1 is 1.09 bits per heavy atom. The first-order valence-corrected chi connectivity index (χ1v) is 12.0. The second-order valence-corrected chi connectivity index (χ2v) is 10.7. The molecule has 1 amide bonds. The van der Waals surface area contributed by atoms with Crippen LogP contribution >= 0.6 is 11.8 Å². The molecular formula is C26H31NO6S. The van der Waals surface area contributed by atoms with Gasteiger partial charge in [-0.05, 0) is 63.6 Å². The highest BCUT2D eigenvalue weighted by Crippen LogP contribution is 2.40. The smallest absolute Gasteiger partial charge is 0.326 e. The van der Waals surface area contributed by atoms with E-state index in [0.29, 0.717) is 11.3 Å². The van der Waals surface area contributed by atoms with Gasteiger partial charge in [-0.3, -0.25) is 9.59 Å². The van der Waals surface area contributed by atoms with E-state index in [1.54, 1.807) is 40.0 Å². The number of methoxy groups -OCH3 is 1. The maximum atomic E-state index is 13.4. The van der Waals surface area contributed by atoms with Gasteiger partial charge in [0.1, 0.15) is 17.4 Å². The standard InChI is InChI=1S/C26H31NO6S/c1-16-8-6-7-9-19(16)24(29)27-15-21(34-18-12-10-17(32-5)11-13-18)20(23(27)25(30)31)14-22(28)33-26(2,3)4/h6-13,20-21,23H,14-15H2,1-5H3,(H,30,31)/t20-,21+,23-/m0/s1. The number of aryl methyl sites for hydroxylation is 1. The Kier molecular flexibility index (Phi) is 7.92. The van der Waals surface area contributed by atoms with Crippen molar-refractivity contribution in [2.75, 3.05) is 13.7 Å². The Balaban J connectivity index is 1.94. The van der Waals surface area contributed by atoms with Crippen molar-refractivity contribution >= 4 is 29.6 Å². The van der Waals surface area contributed by atoms with E-state index >= 15 is 0 Å². The maximum Gasteiger partial charge on any atom is 0.326 e. The number of carboxylic acid groups (broad SMARTS) is 1. The molecule has 0 bridgehead atoms. The first kappa shape index (κ1) is 25.6. The van der Waals surface area contributed by atoms with Gasteiger partial charge in [-0.1, -0.05) is 18.2 Å². The summed E-state index contributed by atoms with van der Waals surface area (Å²) in [4.78, 5) is 40.9. The van der Waals surface area contributed by atoms with Crippen LogP contribution < -0.4 is 4.74 Å². The number of hydrogen-bond donors (Lipinski definition) is 1. The van der Waals surface area contributed by atoms with Crippen LogP contribution in [0.25, 0.3) is 0 Å². The van der Waals surface area contributed by atoms with Gasteiger partial charge in [-0.15, -0.1) is 11.8 Å². The highest BCUT2D eigenvalue weighted by Gasteiger charge is 2.49. The molecule has 0 spiro atoms. The highest BCUT2D eigenvalue weighted by molar-refractivity contribution is 8.00. The second kappa shape index (κ2) is 10.5. The van der Waals surface area contributed by atoms with E-state index in [2.05, 4.69) is 0 Å². The molecule has 0 aromatic heterocycles. The summed E-state index contributed by atoms with van der Waals surface area (Å²) in [5.74, 6) is -1.87. The van der Waals surface area contributed by atoms with E-state index in [0.717, 1.165) is 10.5 Å². The maximum absolute atomic E-state index is 13.4. The van der Waals surface area contributed by atoms with Crippen LogP contribution in [0.5, 0.6) is 5.75 Å². The number of aliphatic carboxylic acids is 1. The van der Waals surface area contributed by atoms with Crippen molar-refractivity contribution in [3.05, 3.63) is 59.7 Å². The molecule has 1 aliphatic heterocycles. The lowest BCUT2D eigenvalue weighted by Crippen LogP contribution is -2.44. The van der Waals surface area contributed by atoms with Gasteiger partial charge in [0, 0.05) is 28.2 Å². The van der Waals surface area contributed by atoms with E-state index in [9.17, 15) is 19.5 Å². The zero-order chi connectivity index (χ0) is 25.0. The number of ether oxygens (including phenoxy) is 2. The Labute approximate surface area is 204 Å². The summed E-state index contributed by atoms with van der Waals surface area (Å²) < 4.78 is 10.7. The van der Waals surface area contributed by atoms with Crippen LogP contribution in [0.3, 0.4) is 0 Å². The van der Waals surface area contributed by atoms with Crippen molar-refractivity contribution in [2.45, 2.75) is 55.9 Å². The number of carboxylic acids is 1. The van der Waals surface area contributed by atoms with E-state index in [1.807, 2.05) is 43.3 Å². The lowest BCUT2D eigenvalue weighted by Gasteiger charge is -2.26. The fourth-order valence-corrected chi connectivity index (χ4v) is 5.44. The minimum atomic E-state index is -1.14. The molecule has 1 N–H and O–H groups in total. The molecule has 1 aliphatic rings. The average molecular weight is 486 g/mol. The van der Waals surface area contributed by atoms with E-state index in [1.165, 1.54) is 16.7 Å². The molecule has 3 rings (SSSR count). The van der Waals surface area contributed by atoms with Crippen molar-refractivity contribution < 1.29 is 29.0 Å². The minimum absolute atomic E-state index is 0.0976. The Bertz CT molecular complexity index is 1050. The van der Waals surface area contributed by atoms with Crippen molar-refractivity contribution in [3.8, 4) is 5.75 Å². The summed E-state index contributed by atoms with van der Waals surface area (Å²) in [7, 11) is 1.59. The van der Waals surface area contributed by atoms with Gasteiger partial charge >= 0.3 is 11.9 Å². The molecule has 0 saturated carbocycles.